The Bertz CT molecular complexity index is 907. The van der Waals surface area contributed by atoms with Gasteiger partial charge in [-0.25, -0.2) is 4.99 Å². The van der Waals surface area contributed by atoms with Gasteiger partial charge in [-0.15, -0.1) is 0 Å². The van der Waals surface area contributed by atoms with Crippen molar-refractivity contribution < 1.29 is 22.6 Å². The van der Waals surface area contributed by atoms with Gasteiger partial charge in [-0.3, -0.25) is 4.99 Å². The third kappa shape index (κ3) is 3.61. The van der Waals surface area contributed by atoms with Crippen molar-refractivity contribution >= 4 is 12.3 Å². The van der Waals surface area contributed by atoms with Crippen LogP contribution < -0.4 is 0 Å². The fourth-order valence-electron chi connectivity index (χ4n) is 3.55. The van der Waals surface area contributed by atoms with E-state index in [1.165, 1.54) is 12.5 Å². The van der Waals surface area contributed by atoms with Crippen LogP contribution in [0.3, 0.4) is 0 Å². The van der Waals surface area contributed by atoms with Crippen LogP contribution in [0.1, 0.15) is 34.2 Å². The van der Waals surface area contributed by atoms with Crippen LogP contribution in [0.2, 0.25) is 0 Å². The van der Waals surface area contributed by atoms with E-state index in [1.54, 1.807) is 6.07 Å². The monoisotopic (exact) mass is 388 g/mol. The Morgan fingerprint density at radius 3 is 2.57 bits per heavy atom. The van der Waals surface area contributed by atoms with Crippen molar-refractivity contribution in [2.24, 2.45) is 9.98 Å². The number of hydrogen-bond acceptors (Lipinski definition) is 4. The van der Waals surface area contributed by atoms with E-state index >= 15 is 0 Å². The summed E-state index contributed by atoms with van der Waals surface area (Å²) in [4.78, 5) is 8.79. The van der Waals surface area contributed by atoms with Gasteiger partial charge in [0.1, 0.15) is 18.8 Å². The molecule has 0 amide bonds. The van der Waals surface area contributed by atoms with Crippen LogP contribution in [0.15, 0.2) is 58.5 Å². The fourth-order valence-corrected chi connectivity index (χ4v) is 3.55. The number of nitrogens with zero attached hydrogens (tertiary/aromatic N) is 2. The Morgan fingerprint density at radius 1 is 1.11 bits per heavy atom. The molecule has 2 aromatic carbocycles. The second kappa shape index (κ2) is 7.30. The number of aryl methyl sites for hydroxylation is 1. The maximum absolute atomic E-state index is 13.2. The van der Waals surface area contributed by atoms with Crippen LogP contribution in [0.25, 0.3) is 0 Å². The Balaban J connectivity index is 1.74. The van der Waals surface area contributed by atoms with Gasteiger partial charge in [0, 0.05) is 0 Å². The second-order valence-corrected chi connectivity index (χ2v) is 6.88. The number of ether oxygens (including phenoxy) is 2. The fraction of sp³-hybridized carbons (Fsp3) is 0.333. The van der Waals surface area contributed by atoms with Crippen LogP contribution in [0.4, 0.5) is 13.2 Å². The van der Waals surface area contributed by atoms with Gasteiger partial charge in [-0.1, -0.05) is 48.0 Å². The molecule has 0 aliphatic carbocycles. The van der Waals surface area contributed by atoms with Gasteiger partial charge in [0.05, 0.1) is 18.0 Å². The minimum absolute atomic E-state index is 0.355. The molecule has 0 saturated heterocycles. The molecule has 4 nitrogen and oxygen atoms in total. The smallest absolute Gasteiger partial charge is 0.416 e. The standard InChI is InChI=1S/C21H19F3N2O2/c1-13-5-7-14(8-6-13)18-19(28-12-26-18)17(20-25-9-10-27-20)15-3-2-4-16(11-15)21(22,23)24/h2-8,11-12,17-19H,9-10H2,1H3. The summed E-state index contributed by atoms with van der Waals surface area (Å²) in [5.41, 5.74) is 1.78. The summed E-state index contributed by atoms with van der Waals surface area (Å²) in [7, 11) is 0. The molecule has 3 atom stereocenters. The zero-order chi connectivity index (χ0) is 19.7. The van der Waals surface area contributed by atoms with Gasteiger partial charge in [-0.2, -0.15) is 13.2 Å². The highest BCUT2D eigenvalue weighted by atomic mass is 19.4. The molecule has 0 N–H and O–H groups in total. The third-order valence-electron chi connectivity index (χ3n) is 4.95. The lowest BCUT2D eigenvalue weighted by molar-refractivity contribution is -0.137. The lowest BCUT2D eigenvalue weighted by atomic mass is 9.85. The SMILES string of the molecule is Cc1ccc(C2N=COC2C(C2=NCCO2)c2cccc(C(F)(F)F)c2)cc1. The molecule has 2 aliphatic heterocycles. The quantitative estimate of drug-likeness (QED) is 0.762. The van der Waals surface area contributed by atoms with Crippen molar-refractivity contribution in [2.75, 3.05) is 13.2 Å². The van der Waals surface area contributed by atoms with Crippen LogP contribution in [0.5, 0.6) is 0 Å². The normalized spacial score (nSPS) is 22.5. The molecule has 0 bridgehead atoms. The van der Waals surface area contributed by atoms with Crippen molar-refractivity contribution in [1.82, 2.24) is 0 Å². The van der Waals surface area contributed by atoms with Gasteiger partial charge in [0.15, 0.2) is 12.3 Å². The van der Waals surface area contributed by atoms with Gasteiger partial charge in [0.25, 0.3) is 0 Å². The van der Waals surface area contributed by atoms with Crippen molar-refractivity contribution in [2.45, 2.75) is 31.2 Å². The molecule has 2 aromatic rings. The molecule has 0 aromatic heterocycles. The van der Waals surface area contributed by atoms with E-state index in [1.807, 2.05) is 31.2 Å². The maximum Gasteiger partial charge on any atom is 0.416 e. The molecular formula is C21H19F3N2O2. The Hall–Kier alpha value is -2.83. The summed E-state index contributed by atoms with van der Waals surface area (Å²) >= 11 is 0. The first-order chi connectivity index (χ1) is 13.4. The highest BCUT2D eigenvalue weighted by Crippen LogP contribution is 2.40. The number of halogens is 3. The first-order valence-electron chi connectivity index (χ1n) is 9.01. The molecule has 2 aliphatic rings. The minimum atomic E-state index is -4.43. The van der Waals surface area contributed by atoms with E-state index in [4.69, 9.17) is 9.47 Å². The highest BCUT2D eigenvalue weighted by Gasteiger charge is 2.41. The Morgan fingerprint density at radius 2 is 1.89 bits per heavy atom. The van der Waals surface area contributed by atoms with Crippen LogP contribution >= 0.6 is 0 Å². The van der Waals surface area contributed by atoms with Crippen molar-refractivity contribution in [3.05, 3.63) is 70.8 Å². The highest BCUT2D eigenvalue weighted by molar-refractivity contribution is 5.86. The van der Waals surface area contributed by atoms with Crippen molar-refractivity contribution in [1.29, 1.82) is 0 Å². The van der Waals surface area contributed by atoms with E-state index in [0.717, 1.165) is 23.3 Å². The van der Waals surface area contributed by atoms with E-state index in [0.29, 0.717) is 24.6 Å². The Kier molecular flexibility index (Phi) is 4.83. The molecular weight excluding hydrogens is 369 g/mol. The molecule has 3 unspecified atom stereocenters. The van der Waals surface area contributed by atoms with Crippen LogP contribution in [-0.2, 0) is 15.7 Å². The summed E-state index contributed by atoms with van der Waals surface area (Å²) in [5, 5.41) is 0. The van der Waals surface area contributed by atoms with E-state index < -0.39 is 23.8 Å². The van der Waals surface area contributed by atoms with E-state index in [-0.39, 0.29) is 6.04 Å². The van der Waals surface area contributed by atoms with Gasteiger partial charge >= 0.3 is 6.18 Å². The second-order valence-electron chi connectivity index (χ2n) is 6.88. The zero-order valence-corrected chi connectivity index (χ0v) is 15.2. The van der Waals surface area contributed by atoms with Crippen LogP contribution in [-0.4, -0.2) is 31.6 Å². The molecule has 0 fully saturated rings. The van der Waals surface area contributed by atoms with Gasteiger partial charge in [0.2, 0.25) is 0 Å². The topological polar surface area (TPSA) is 43.2 Å². The number of aliphatic imine (C=N–C) groups is 2. The predicted molar refractivity (Wildman–Crippen MR) is 99.7 cm³/mol. The molecule has 4 rings (SSSR count). The van der Waals surface area contributed by atoms with Crippen molar-refractivity contribution in [3.8, 4) is 0 Å². The summed E-state index contributed by atoms with van der Waals surface area (Å²) in [5.74, 6) is -0.189. The van der Waals surface area contributed by atoms with Crippen LogP contribution in [0, 0.1) is 6.92 Å². The lowest BCUT2D eigenvalue weighted by Crippen LogP contribution is -2.31. The minimum Gasteiger partial charge on any atom is -0.478 e. The number of hydrogen-bond donors (Lipinski definition) is 0. The van der Waals surface area contributed by atoms with E-state index in [9.17, 15) is 13.2 Å². The molecule has 0 radical (unpaired) electrons. The average Bonchev–Trinajstić information content (AvgIpc) is 3.35. The molecule has 0 saturated carbocycles. The number of rotatable bonds is 4. The Labute approximate surface area is 160 Å². The predicted octanol–water partition coefficient (Wildman–Crippen LogP) is 4.69. The molecule has 0 spiro atoms. The zero-order valence-electron chi connectivity index (χ0n) is 15.2. The molecule has 2 heterocycles. The van der Waals surface area contributed by atoms with E-state index in [2.05, 4.69) is 9.98 Å². The number of alkyl halides is 3. The molecule has 7 heteroatoms. The van der Waals surface area contributed by atoms with Gasteiger partial charge in [-0.05, 0) is 24.1 Å². The van der Waals surface area contributed by atoms with Gasteiger partial charge < -0.3 is 9.47 Å². The average molecular weight is 388 g/mol. The lowest BCUT2D eigenvalue weighted by Gasteiger charge is -2.27. The third-order valence-corrected chi connectivity index (χ3v) is 4.95. The number of benzene rings is 2. The maximum atomic E-state index is 13.2. The first kappa shape index (κ1) is 18.5. The summed E-state index contributed by atoms with van der Waals surface area (Å²) in [6.07, 6.45) is -3.60. The largest absolute Gasteiger partial charge is 0.478 e. The summed E-state index contributed by atoms with van der Waals surface area (Å²) in [6, 6.07) is 12.8. The first-order valence-corrected chi connectivity index (χ1v) is 9.01. The summed E-state index contributed by atoms with van der Waals surface area (Å²) < 4.78 is 51.2. The molecule has 28 heavy (non-hydrogen) atoms. The summed E-state index contributed by atoms with van der Waals surface area (Å²) in [6.45, 7) is 2.88. The molecule has 146 valence electrons. The van der Waals surface area contributed by atoms with Crippen molar-refractivity contribution in [3.63, 3.8) is 0 Å².